The van der Waals surface area contributed by atoms with Gasteiger partial charge in [0.1, 0.15) is 5.82 Å². The molecule has 0 unspecified atom stereocenters. The summed E-state index contributed by atoms with van der Waals surface area (Å²) in [5.74, 6) is 0.989. The number of aliphatic imine (C=N–C) groups is 1. The van der Waals surface area contributed by atoms with Gasteiger partial charge in [-0.15, -0.1) is 24.0 Å². The molecule has 0 aliphatic carbocycles. The molecule has 1 aromatic heterocycles. The Morgan fingerprint density at radius 3 is 2.57 bits per heavy atom. The number of hydrogen-bond acceptors (Lipinski definition) is 2. The lowest BCUT2D eigenvalue weighted by molar-refractivity contribution is 0.540. The zero-order chi connectivity index (χ0) is 16.2. The number of nitrogens with zero attached hydrogens (tertiary/aromatic N) is 2. The van der Waals surface area contributed by atoms with E-state index >= 15 is 0 Å². The molecular formula is C16H19Cl2IN4. The molecule has 7 heteroatoms. The van der Waals surface area contributed by atoms with Crippen LogP contribution in [0.2, 0.25) is 10.0 Å². The van der Waals surface area contributed by atoms with E-state index in [4.69, 9.17) is 28.9 Å². The first-order valence-corrected chi connectivity index (χ1v) is 7.57. The quantitative estimate of drug-likeness (QED) is 0.391. The number of nitrogens with two attached hydrogens (primary N) is 1. The van der Waals surface area contributed by atoms with E-state index in [0.717, 1.165) is 5.56 Å². The SMILES string of the molecule is CC(C)(CN=C(N)Nc1ccccn1)c1ccc(Cl)c(Cl)c1.I. The second kappa shape index (κ2) is 8.70. The predicted molar refractivity (Wildman–Crippen MR) is 109 cm³/mol. The van der Waals surface area contributed by atoms with Crippen LogP contribution in [0.25, 0.3) is 0 Å². The molecule has 0 aliphatic heterocycles. The molecule has 0 aliphatic rings. The third kappa shape index (κ3) is 5.82. The van der Waals surface area contributed by atoms with Crippen LogP contribution >= 0.6 is 47.2 Å². The summed E-state index contributed by atoms with van der Waals surface area (Å²) in [6, 6.07) is 11.1. The van der Waals surface area contributed by atoms with Crippen LogP contribution in [0.5, 0.6) is 0 Å². The molecular weight excluding hydrogens is 446 g/mol. The maximum Gasteiger partial charge on any atom is 0.194 e. The molecule has 124 valence electrons. The summed E-state index contributed by atoms with van der Waals surface area (Å²) in [5, 5.41) is 4.04. The lowest BCUT2D eigenvalue weighted by Gasteiger charge is -2.23. The van der Waals surface area contributed by atoms with Gasteiger partial charge in [-0.1, -0.05) is 49.2 Å². The zero-order valence-corrected chi connectivity index (χ0v) is 16.7. The molecule has 2 rings (SSSR count). The number of guanidine groups is 1. The number of hydrogen-bond donors (Lipinski definition) is 2. The van der Waals surface area contributed by atoms with E-state index in [0.29, 0.717) is 28.4 Å². The minimum atomic E-state index is -0.218. The van der Waals surface area contributed by atoms with Crippen molar-refractivity contribution in [2.24, 2.45) is 10.7 Å². The van der Waals surface area contributed by atoms with Gasteiger partial charge in [-0.05, 0) is 29.8 Å². The molecule has 3 N–H and O–H groups in total. The first-order chi connectivity index (χ1) is 10.4. The highest BCUT2D eigenvalue weighted by Gasteiger charge is 2.21. The van der Waals surface area contributed by atoms with Gasteiger partial charge in [0.15, 0.2) is 5.96 Å². The van der Waals surface area contributed by atoms with Gasteiger partial charge >= 0.3 is 0 Å². The fourth-order valence-corrected chi connectivity index (χ4v) is 2.20. The number of aromatic nitrogens is 1. The van der Waals surface area contributed by atoms with Crippen molar-refractivity contribution >= 4 is 59.0 Å². The Labute approximate surface area is 163 Å². The van der Waals surface area contributed by atoms with Crippen molar-refractivity contribution in [2.45, 2.75) is 19.3 Å². The van der Waals surface area contributed by atoms with E-state index < -0.39 is 0 Å². The van der Waals surface area contributed by atoms with Crippen LogP contribution in [0, 0.1) is 0 Å². The van der Waals surface area contributed by atoms with Crippen LogP contribution < -0.4 is 11.1 Å². The molecule has 0 amide bonds. The van der Waals surface area contributed by atoms with E-state index in [1.54, 1.807) is 12.3 Å². The second-order valence-electron chi connectivity index (χ2n) is 5.55. The monoisotopic (exact) mass is 464 g/mol. The first-order valence-electron chi connectivity index (χ1n) is 6.82. The molecule has 0 fully saturated rings. The van der Waals surface area contributed by atoms with Crippen LogP contribution in [-0.4, -0.2) is 17.5 Å². The van der Waals surface area contributed by atoms with Crippen molar-refractivity contribution in [3.8, 4) is 0 Å². The molecule has 1 aromatic carbocycles. The summed E-state index contributed by atoms with van der Waals surface area (Å²) in [6.45, 7) is 4.66. The minimum absolute atomic E-state index is 0. The second-order valence-corrected chi connectivity index (χ2v) is 6.37. The van der Waals surface area contributed by atoms with Crippen molar-refractivity contribution in [2.75, 3.05) is 11.9 Å². The minimum Gasteiger partial charge on any atom is -0.370 e. The van der Waals surface area contributed by atoms with Gasteiger partial charge < -0.3 is 11.1 Å². The van der Waals surface area contributed by atoms with Crippen molar-refractivity contribution in [3.05, 3.63) is 58.2 Å². The molecule has 4 nitrogen and oxygen atoms in total. The normalized spacial score (nSPS) is 11.7. The van der Waals surface area contributed by atoms with Crippen LogP contribution in [0.3, 0.4) is 0 Å². The Kier molecular flexibility index (Phi) is 7.57. The number of halogens is 3. The van der Waals surface area contributed by atoms with Crippen molar-refractivity contribution in [1.29, 1.82) is 0 Å². The summed E-state index contributed by atoms with van der Waals surface area (Å²) in [6.07, 6.45) is 1.69. The Balaban J connectivity index is 0.00000264. The van der Waals surface area contributed by atoms with Crippen LogP contribution in [0.4, 0.5) is 5.82 Å². The first kappa shape index (κ1) is 20.0. The maximum absolute atomic E-state index is 6.08. The molecule has 23 heavy (non-hydrogen) atoms. The Hall–Kier alpha value is -1.05. The Bertz CT molecular complexity index is 675. The topological polar surface area (TPSA) is 63.3 Å². The molecule has 0 spiro atoms. The third-order valence-corrected chi connectivity index (χ3v) is 4.01. The average molecular weight is 465 g/mol. The average Bonchev–Trinajstić information content (AvgIpc) is 2.49. The van der Waals surface area contributed by atoms with Crippen LogP contribution in [-0.2, 0) is 5.41 Å². The highest BCUT2D eigenvalue weighted by atomic mass is 127. The summed E-state index contributed by atoms with van der Waals surface area (Å²) >= 11 is 12.0. The smallest absolute Gasteiger partial charge is 0.194 e. The lowest BCUT2D eigenvalue weighted by Crippen LogP contribution is -2.28. The highest BCUT2D eigenvalue weighted by Crippen LogP contribution is 2.30. The number of pyridine rings is 1. The van der Waals surface area contributed by atoms with Crippen LogP contribution in [0.15, 0.2) is 47.6 Å². The van der Waals surface area contributed by atoms with Gasteiger partial charge in [0.25, 0.3) is 0 Å². The van der Waals surface area contributed by atoms with E-state index in [2.05, 4.69) is 29.1 Å². The van der Waals surface area contributed by atoms with Crippen molar-refractivity contribution in [1.82, 2.24) is 4.98 Å². The fraction of sp³-hybridized carbons (Fsp3) is 0.250. The molecule has 0 radical (unpaired) electrons. The number of benzene rings is 1. The van der Waals surface area contributed by atoms with Gasteiger partial charge in [0, 0.05) is 11.6 Å². The van der Waals surface area contributed by atoms with Crippen molar-refractivity contribution in [3.63, 3.8) is 0 Å². The van der Waals surface area contributed by atoms with E-state index in [1.165, 1.54) is 0 Å². The number of rotatable bonds is 4. The highest BCUT2D eigenvalue weighted by molar-refractivity contribution is 14.0. The van der Waals surface area contributed by atoms with Gasteiger partial charge in [0.2, 0.25) is 0 Å². The van der Waals surface area contributed by atoms with Crippen molar-refractivity contribution < 1.29 is 0 Å². The van der Waals surface area contributed by atoms with Gasteiger partial charge in [-0.25, -0.2) is 4.98 Å². The summed E-state index contributed by atoms with van der Waals surface area (Å²) < 4.78 is 0. The third-order valence-electron chi connectivity index (χ3n) is 3.27. The molecule has 2 aromatic rings. The Morgan fingerprint density at radius 1 is 1.22 bits per heavy atom. The maximum atomic E-state index is 6.08. The molecule has 0 atom stereocenters. The fourth-order valence-electron chi connectivity index (χ4n) is 1.90. The zero-order valence-electron chi connectivity index (χ0n) is 12.9. The standard InChI is InChI=1S/C16H18Cl2N4.HI/c1-16(2,11-6-7-12(17)13(18)9-11)10-21-15(19)22-14-5-3-4-8-20-14;/h3-9H,10H2,1-2H3,(H3,19,20,21,22);1H. The van der Waals surface area contributed by atoms with E-state index in [9.17, 15) is 0 Å². The molecule has 0 saturated carbocycles. The predicted octanol–water partition coefficient (Wildman–Crippen LogP) is 4.71. The van der Waals surface area contributed by atoms with Gasteiger partial charge in [-0.3, -0.25) is 4.99 Å². The largest absolute Gasteiger partial charge is 0.370 e. The summed E-state index contributed by atoms with van der Waals surface area (Å²) in [5.41, 5.74) is 6.73. The number of nitrogens with one attached hydrogen (secondary N) is 1. The molecule has 0 saturated heterocycles. The van der Waals surface area contributed by atoms with Gasteiger partial charge in [0.05, 0.1) is 16.6 Å². The van der Waals surface area contributed by atoms with Crippen LogP contribution in [0.1, 0.15) is 19.4 Å². The molecule has 0 bridgehead atoms. The Morgan fingerprint density at radius 2 is 1.96 bits per heavy atom. The van der Waals surface area contributed by atoms with E-state index in [1.807, 2.05) is 30.3 Å². The lowest BCUT2D eigenvalue weighted by atomic mass is 9.85. The summed E-state index contributed by atoms with van der Waals surface area (Å²) in [4.78, 5) is 8.53. The van der Waals surface area contributed by atoms with Gasteiger partial charge in [-0.2, -0.15) is 0 Å². The number of anilines is 1. The molecule has 1 heterocycles. The van der Waals surface area contributed by atoms with E-state index in [-0.39, 0.29) is 29.4 Å². The summed E-state index contributed by atoms with van der Waals surface area (Å²) in [7, 11) is 0.